The highest BCUT2D eigenvalue weighted by molar-refractivity contribution is 4.89. The van der Waals surface area contributed by atoms with Crippen LogP contribution < -0.4 is 11.1 Å². The van der Waals surface area contributed by atoms with Gasteiger partial charge in [-0.3, -0.25) is 5.32 Å². The average molecular weight is 194 g/mol. The Morgan fingerprint density at radius 1 is 1.31 bits per heavy atom. The van der Waals surface area contributed by atoms with Crippen molar-refractivity contribution >= 4 is 0 Å². The smallest absolute Gasteiger partial charge is 0.122 e. The second-order valence-corrected chi connectivity index (χ2v) is 3.23. The Hall–Kier alpha value is -0.240. The second-order valence-electron chi connectivity index (χ2n) is 3.23. The molecule has 0 fully saturated rings. The van der Waals surface area contributed by atoms with Crippen molar-refractivity contribution in [2.24, 2.45) is 5.73 Å². The predicted octanol–water partition coefficient (Wildman–Crippen LogP) is -3.04. The molecule has 0 aliphatic heterocycles. The lowest BCUT2D eigenvalue weighted by Crippen LogP contribution is -2.62. The molecule has 0 rings (SSSR count). The summed E-state index contributed by atoms with van der Waals surface area (Å²) in [5.74, 6) is 0. The molecule has 13 heavy (non-hydrogen) atoms. The Bertz CT molecular complexity index is 140. The Kier molecular flexibility index (Phi) is 5.38. The van der Waals surface area contributed by atoms with Gasteiger partial charge < -0.3 is 26.2 Å². The molecule has 2 unspecified atom stereocenters. The molecule has 0 amide bonds. The van der Waals surface area contributed by atoms with Crippen molar-refractivity contribution in [3.8, 4) is 0 Å². The van der Waals surface area contributed by atoms with Gasteiger partial charge in [-0.1, -0.05) is 0 Å². The average Bonchev–Trinajstić information content (AvgIpc) is 2.13. The van der Waals surface area contributed by atoms with Crippen LogP contribution in [0.5, 0.6) is 0 Å². The lowest BCUT2D eigenvalue weighted by Gasteiger charge is -2.34. The molecule has 80 valence electrons. The standard InChI is InChI=1S/C7H18N2O4/c1-7(4-12,6(8)13)9-5(2-10)3-11/h5-6,9-13H,2-4,8H2,1H3. The normalized spacial score (nSPS) is 18.7. The summed E-state index contributed by atoms with van der Waals surface area (Å²) in [6.45, 7) is 0.523. The zero-order valence-corrected chi connectivity index (χ0v) is 7.64. The summed E-state index contributed by atoms with van der Waals surface area (Å²) < 4.78 is 0. The summed E-state index contributed by atoms with van der Waals surface area (Å²) in [6.07, 6.45) is -1.27. The Morgan fingerprint density at radius 2 is 1.77 bits per heavy atom. The molecular formula is C7H18N2O4. The highest BCUT2D eigenvalue weighted by atomic mass is 16.3. The summed E-state index contributed by atoms with van der Waals surface area (Å²) in [5.41, 5.74) is 4.09. The lowest BCUT2D eigenvalue weighted by atomic mass is 10.0. The number of aliphatic hydroxyl groups is 4. The maximum absolute atomic E-state index is 9.10. The van der Waals surface area contributed by atoms with Crippen LogP contribution in [0.3, 0.4) is 0 Å². The number of aliphatic hydroxyl groups excluding tert-OH is 4. The van der Waals surface area contributed by atoms with Gasteiger partial charge in [0.1, 0.15) is 6.23 Å². The van der Waals surface area contributed by atoms with Gasteiger partial charge in [-0.2, -0.15) is 0 Å². The zero-order valence-electron chi connectivity index (χ0n) is 7.64. The molecule has 7 N–H and O–H groups in total. The van der Waals surface area contributed by atoms with E-state index < -0.39 is 17.8 Å². The van der Waals surface area contributed by atoms with Crippen LogP contribution in [0, 0.1) is 0 Å². The van der Waals surface area contributed by atoms with Crippen molar-refractivity contribution in [2.45, 2.75) is 24.7 Å². The van der Waals surface area contributed by atoms with Crippen LogP contribution in [0.1, 0.15) is 6.92 Å². The van der Waals surface area contributed by atoms with Crippen molar-refractivity contribution < 1.29 is 20.4 Å². The largest absolute Gasteiger partial charge is 0.395 e. The number of hydrogen-bond acceptors (Lipinski definition) is 6. The minimum absolute atomic E-state index is 0.293. The van der Waals surface area contributed by atoms with Crippen LogP contribution in [0.2, 0.25) is 0 Å². The fraction of sp³-hybridized carbons (Fsp3) is 1.00. The molecule has 0 aliphatic carbocycles. The van der Waals surface area contributed by atoms with Gasteiger partial charge in [0.2, 0.25) is 0 Å². The monoisotopic (exact) mass is 194 g/mol. The Balaban J connectivity index is 4.24. The molecule has 2 atom stereocenters. The van der Waals surface area contributed by atoms with Crippen LogP contribution in [0.15, 0.2) is 0 Å². The van der Waals surface area contributed by atoms with E-state index >= 15 is 0 Å². The fourth-order valence-corrected chi connectivity index (χ4v) is 0.840. The quantitative estimate of drug-likeness (QED) is 0.250. The molecule has 6 heteroatoms. The number of nitrogens with two attached hydrogens (primary N) is 1. The number of rotatable bonds is 6. The van der Waals surface area contributed by atoms with Gasteiger partial charge in [0.05, 0.1) is 31.4 Å². The van der Waals surface area contributed by atoms with E-state index in [9.17, 15) is 0 Å². The van der Waals surface area contributed by atoms with Crippen LogP contribution in [-0.2, 0) is 0 Å². The van der Waals surface area contributed by atoms with Gasteiger partial charge in [-0.05, 0) is 6.92 Å². The minimum Gasteiger partial charge on any atom is -0.395 e. The van der Waals surface area contributed by atoms with Crippen LogP contribution in [0.25, 0.3) is 0 Å². The van der Waals surface area contributed by atoms with E-state index in [2.05, 4.69) is 5.32 Å². The van der Waals surface area contributed by atoms with E-state index in [1.807, 2.05) is 0 Å². The molecule has 0 bridgehead atoms. The predicted molar refractivity (Wildman–Crippen MR) is 46.8 cm³/mol. The van der Waals surface area contributed by atoms with Gasteiger partial charge >= 0.3 is 0 Å². The molecule has 0 aliphatic rings. The molecular weight excluding hydrogens is 176 g/mol. The van der Waals surface area contributed by atoms with E-state index in [1.165, 1.54) is 6.92 Å². The van der Waals surface area contributed by atoms with Crippen molar-refractivity contribution in [3.63, 3.8) is 0 Å². The first-order valence-electron chi connectivity index (χ1n) is 4.04. The van der Waals surface area contributed by atoms with Gasteiger partial charge in [0.25, 0.3) is 0 Å². The second kappa shape index (κ2) is 5.48. The molecule has 0 saturated carbocycles. The minimum atomic E-state index is -1.27. The van der Waals surface area contributed by atoms with Crippen molar-refractivity contribution in [1.82, 2.24) is 5.32 Å². The SMILES string of the molecule is CC(CO)(NC(CO)CO)C(N)O. The molecule has 0 saturated heterocycles. The van der Waals surface area contributed by atoms with Crippen molar-refractivity contribution in [2.75, 3.05) is 19.8 Å². The van der Waals surface area contributed by atoms with Gasteiger partial charge in [-0.25, -0.2) is 0 Å². The van der Waals surface area contributed by atoms with E-state index in [1.54, 1.807) is 0 Å². The highest BCUT2D eigenvalue weighted by Gasteiger charge is 2.31. The maximum atomic E-state index is 9.10. The Morgan fingerprint density at radius 3 is 2.00 bits per heavy atom. The first-order chi connectivity index (χ1) is 6.00. The molecule has 0 radical (unpaired) electrons. The maximum Gasteiger partial charge on any atom is 0.122 e. The van der Waals surface area contributed by atoms with E-state index in [4.69, 9.17) is 26.2 Å². The van der Waals surface area contributed by atoms with Gasteiger partial charge in [0.15, 0.2) is 0 Å². The third-order valence-corrected chi connectivity index (χ3v) is 1.96. The van der Waals surface area contributed by atoms with Crippen LogP contribution in [0.4, 0.5) is 0 Å². The van der Waals surface area contributed by atoms with E-state index in [-0.39, 0.29) is 19.8 Å². The summed E-state index contributed by atoms with van der Waals surface area (Å²) in [7, 11) is 0. The van der Waals surface area contributed by atoms with Gasteiger partial charge in [0, 0.05) is 0 Å². The summed E-state index contributed by atoms with van der Waals surface area (Å²) in [4.78, 5) is 0. The first kappa shape index (κ1) is 12.8. The number of nitrogens with one attached hydrogen (secondary N) is 1. The van der Waals surface area contributed by atoms with Crippen LogP contribution >= 0.6 is 0 Å². The molecule has 0 heterocycles. The molecule has 0 aromatic rings. The highest BCUT2D eigenvalue weighted by Crippen LogP contribution is 2.06. The Labute approximate surface area is 77.0 Å². The topological polar surface area (TPSA) is 119 Å². The first-order valence-corrected chi connectivity index (χ1v) is 4.04. The third kappa shape index (κ3) is 3.55. The van der Waals surface area contributed by atoms with E-state index in [0.29, 0.717) is 0 Å². The summed E-state index contributed by atoms with van der Waals surface area (Å²) in [6, 6.07) is -0.602. The van der Waals surface area contributed by atoms with E-state index in [0.717, 1.165) is 0 Å². The fourth-order valence-electron chi connectivity index (χ4n) is 0.840. The molecule has 0 spiro atoms. The van der Waals surface area contributed by atoms with Crippen molar-refractivity contribution in [1.29, 1.82) is 0 Å². The lowest BCUT2D eigenvalue weighted by molar-refractivity contribution is 0.0137. The molecule has 0 aromatic carbocycles. The van der Waals surface area contributed by atoms with Gasteiger partial charge in [-0.15, -0.1) is 0 Å². The third-order valence-electron chi connectivity index (χ3n) is 1.96. The number of hydrogen-bond donors (Lipinski definition) is 6. The summed E-state index contributed by atoms with van der Waals surface area (Å²) >= 11 is 0. The van der Waals surface area contributed by atoms with Crippen molar-refractivity contribution in [3.05, 3.63) is 0 Å². The molecule has 6 nitrogen and oxygen atoms in total. The molecule has 0 aromatic heterocycles. The summed E-state index contributed by atoms with van der Waals surface area (Å²) in [5, 5.41) is 38.2. The van der Waals surface area contributed by atoms with Crippen LogP contribution in [-0.4, -0.2) is 58.1 Å². The zero-order chi connectivity index (χ0) is 10.5.